The van der Waals surface area contributed by atoms with Gasteiger partial charge in [0.2, 0.25) is 0 Å². The maximum atomic E-state index is 2.30. The highest BCUT2D eigenvalue weighted by Gasteiger charge is 2.11. The molecule has 2 aliphatic rings. The van der Waals surface area contributed by atoms with Gasteiger partial charge in [-0.15, -0.1) is 0 Å². The highest BCUT2D eigenvalue weighted by molar-refractivity contribution is 4.65. The molecule has 0 unspecified atom stereocenters. The molecule has 2 saturated carbocycles. The van der Waals surface area contributed by atoms with Gasteiger partial charge in [0.15, 0.2) is 0 Å². The topological polar surface area (TPSA) is 0 Å². The highest BCUT2D eigenvalue weighted by atomic mass is 14.2. The third-order valence-corrected chi connectivity index (χ3v) is 4.84. The number of hydrogen-bond donors (Lipinski definition) is 0. The number of rotatable bonds is 4. The SMILES string of the molecule is C.C.C.C.CCCC1CCCCC1.CCCC1CCCCC1. The van der Waals surface area contributed by atoms with E-state index in [1.165, 1.54) is 89.9 Å². The van der Waals surface area contributed by atoms with Crippen LogP contribution in [0, 0.1) is 11.8 Å². The van der Waals surface area contributed by atoms with Crippen LogP contribution in [-0.4, -0.2) is 0 Å². The predicted molar refractivity (Wildman–Crippen MR) is 110 cm³/mol. The molecule has 0 aromatic carbocycles. The maximum Gasteiger partial charge on any atom is -0.0414 e. The van der Waals surface area contributed by atoms with Crippen molar-refractivity contribution in [3.8, 4) is 0 Å². The first kappa shape index (κ1) is 29.9. The van der Waals surface area contributed by atoms with E-state index in [0.29, 0.717) is 0 Å². The van der Waals surface area contributed by atoms with Gasteiger partial charge in [-0.25, -0.2) is 0 Å². The van der Waals surface area contributed by atoms with Crippen molar-refractivity contribution >= 4 is 0 Å². The zero-order chi connectivity index (χ0) is 13.1. The first-order valence-corrected chi connectivity index (χ1v) is 8.86. The summed E-state index contributed by atoms with van der Waals surface area (Å²) in [6.07, 6.45) is 20.9. The van der Waals surface area contributed by atoms with Gasteiger partial charge in [0.1, 0.15) is 0 Å². The molecule has 0 heteroatoms. The first-order chi connectivity index (χ1) is 8.86. The van der Waals surface area contributed by atoms with Crippen molar-refractivity contribution in [2.75, 3.05) is 0 Å². The molecular weight excluding hydrogens is 264 g/mol. The lowest BCUT2D eigenvalue weighted by Crippen LogP contribution is -2.04. The molecule has 140 valence electrons. The van der Waals surface area contributed by atoms with Gasteiger partial charge in [0.05, 0.1) is 0 Å². The molecule has 0 nitrogen and oxygen atoms in total. The lowest BCUT2D eigenvalue weighted by atomic mass is 9.86. The quantitative estimate of drug-likeness (QED) is 0.484. The van der Waals surface area contributed by atoms with Gasteiger partial charge >= 0.3 is 0 Å². The van der Waals surface area contributed by atoms with Crippen LogP contribution in [-0.2, 0) is 0 Å². The van der Waals surface area contributed by atoms with Gasteiger partial charge in [-0.3, -0.25) is 0 Å². The third-order valence-electron chi connectivity index (χ3n) is 4.84. The predicted octanol–water partition coefficient (Wildman–Crippen LogP) is 9.28. The minimum atomic E-state index is 0. The molecule has 0 N–H and O–H groups in total. The zero-order valence-corrected chi connectivity index (χ0v) is 13.1. The standard InChI is InChI=1S/2C9H18.4CH4/c2*1-2-6-9-7-4-3-5-8-9;;;;/h2*9H,2-8H2,1H3;4*1H4. The van der Waals surface area contributed by atoms with Crippen LogP contribution in [0.5, 0.6) is 0 Å². The second kappa shape index (κ2) is 21.0. The van der Waals surface area contributed by atoms with E-state index in [1.807, 2.05) is 0 Å². The van der Waals surface area contributed by atoms with Crippen molar-refractivity contribution in [2.45, 2.75) is 133 Å². The molecule has 0 heterocycles. The van der Waals surface area contributed by atoms with E-state index in [-0.39, 0.29) is 29.7 Å². The van der Waals surface area contributed by atoms with Crippen LogP contribution >= 0.6 is 0 Å². The fourth-order valence-corrected chi connectivity index (χ4v) is 3.77. The van der Waals surface area contributed by atoms with Crippen molar-refractivity contribution in [1.29, 1.82) is 0 Å². The normalized spacial score (nSPS) is 18.3. The van der Waals surface area contributed by atoms with Crippen molar-refractivity contribution in [1.82, 2.24) is 0 Å². The molecule has 2 rings (SSSR count). The van der Waals surface area contributed by atoms with Crippen molar-refractivity contribution < 1.29 is 0 Å². The summed E-state index contributed by atoms with van der Waals surface area (Å²) in [6.45, 7) is 4.60. The van der Waals surface area contributed by atoms with Crippen molar-refractivity contribution in [3.05, 3.63) is 0 Å². The van der Waals surface area contributed by atoms with Crippen molar-refractivity contribution in [3.63, 3.8) is 0 Å². The Balaban J connectivity index is -0.000000125. The monoisotopic (exact) mass is 316 g/mol. The number of hydrogen-bond acceptors (Lipinski definition) is 0. The molecule has 2 fully saturated rings. The molecule has 0 aromatic heterocycles. The first-order valence-electron chi connectivity index (χ1n) is 8.86. The summed E-state index contributed by atoms with van der Waals surface area (Å²) in [5.74, 6) is 2.20. The summed E-state index contributed by atoms with van der Waals surface area (Å²) in [5.41, 5.74) is 0. The van der Waals surface area contributed by atoms with E-state index in [4.69, 9.17) is 0 Å². The lowest BCUT2D eigenvalue weighted by molar-refractivity contribution is 0.336. The van der Waals surface area contributed by atoms with Gasteiger partial charge < -0.3 is 0 Å². The summed E-state index contributed by atoms with van der Waals surface area (Å²) in [5, 5.41) is 0. The lowest BCUT2D eigenvalue weighted by Gasteiger charge is -2.20. The molecule has 0 radical (unpaired) electrons. The summed E-state index contributed by atoms with van der Waals surface area (Å²) >= 11 is 0. The molecule has 0 spiro atoms. The zero-order valence-electron chi connectivity index (χ0n) is 13.1. The average Bonchev–Trinajstić information content (AvgIpc) is 2.43. The highest BCUT2D eigenvalue weighted by Crippen LogP contribution is 2.27. The van der Waals surface area contributed by atoms with E-state index >= 15 is 0 Å². The summed E-state index contributed by atoms with van der Waals surface area (Å²) in [6, 6.07) is 0. The van der Waals surface area contributed by atoms with Crippen LogP contribution in [0.4, 0.5) is 0 Å². The van der Waals surface area contributed by atoms with E-state index in [0.717, 1.165) is 11.8 Å². The smallest absolute Gasteiger partial charge is 0.0414 e. The largest absolute Gasteiger partial charge is 0.0776 e. The van der Waals surface area contributed by atoms with E-state index in [2.05, 4.69) is 13.8 Å². The van der Waals surface area contributed by atoms with E-state index in [9.17, 15) is 0 Å². The fraction of sp³-hybridized carbons (Fsp3) is 1.00. The Hall–Kier alpha value is 0. The van der Waals surface area contributed by atoms with Gasteiger partial charge in [-0.05, 0) is 11.8 Å². The summed E-state index contributed by atoms with van der Waals surface area (Å²) in [7, 11) is 0. The Labute approximate surface area is 145 Å². The summed E-state index contributed by atoms with van der Waals surface area (Å²) in [4.78, 5) is 0. The van der Waals surface area contributed by atoms with E-state index < -0.39 is 0 Å². The fourth-order valence-electron chi connectivity index (χ4n) is 3.77. The minimum absolute atomic E-state index is 0. The Morgan fingerprint density at radius 2 is 0.773 bits per heavy atom. The molecule has 0 atom stereocenters. The van der Waals surface area contributed by atoms with Crippen LogP contribution in [0.15, 0.2) is 0 Å². The molecular formula is C22H52. The van der Waals surface area contributed by atoms with E-state index in [1.54, 1.807) is 0 Å². The van der Waals surface area contributed by atoms with Crippen LogP contribution < -0.4 is 0 Å². The third kappa shape index (κ3) is 14.9. The second-order valence-electron chi connectivity index (χ2n) is 6.59. The average molecular weight is 317 g/mol. The van der Waals surface area contributed by atoms with Crippen LogP contribution in [0.2, 0.25) is 0 Å². The van der Waals surface area contributed by atoms with Gasteiger partial charge in [-0.1, -0.05) is 133 Å². The second-order valence-corrected chi connectivity index (χ2v) is 6.59. The molecule has 0 saturated heterocycles. The molecule has 0 amide bonds. The van der Waals surface area contributed by atoms with Gasteiger partial charge in [-0.2, -0.15) is 0 Å². The van der Waals surface area contributed by atoms with Gasteiger partial charge in [0.25, 0.3) is 0 Å². The summed E-state index contributed by atoms with van der Waals surface area (Å²) < 4.78 is 0. The van der Waals surface area contributed by atoms with Crippen LogP contribution in [0.3, 0.4) is 0 Å². The molecule has 0 aliphatic heterocycles. The Morgan fingerprint density at radius 1 is 0.500 bits per heavy atom. The Bertz CT molecular complexity index is 135. The Morgan fingerprint density at radius 3 is 1.00 bits per heavy atom. The Kier molecular flexibility index (Phi) is 28.6. The van der Waals surface area contributed by atoms with Crippen LogP contribution in [0.1, 0.15) is 133 Å². The van der Waals surface area contributed by atoms with Crippen LogP contribution in [0.25, 0.3) is 0 Å². The molecule has 0 aromatic rings. The minimum Gasteiger partial charge on any atom is -0.0776 e. The van der Waals surface area contributed by atoms with Gasteiger partial charge in [0, 0.05) is 0 Å². The molecule has 0 bridgehead atoms. The molecule has 2 aliphatic carbocycles. The molecule has 22 heavy (non-hydrogen) atoms. The van der Waals surface area contributed by atoms with Crippen molar-refractivity contribution in [2.24, 2.45) is 11.8 Å². The maximum absolute atomic E-state index is 2.30.